The van der Waals surface area contributed by atoms with E-state index < -0.39 is 18.3 Å². The maximum absolute atomic E-state index is 9.26. The molecular weight excluding hydrogens is 292 g/mol. The van der Waals surface area contributed by atoms with Crippen LogP contribution in [-0.2, 0) is 18.9 Å². The van der Waals surface area contributed by atoms with Crippen LogP contribution in [0.25, 0.3) is 0 Å². The van der Waals surface area contributed by atoms with Gasteiger partial charge in [-0.15, -0.1) is 0 Å². The number of rotatable bonds is 14. The van der Waals surface area contributed by atoms with Crippen molar-refractivity contribution in [2.75, 3.05) is 39.6 Å². The number of ether oxygens (including phenoxy) is 4. The van der Waals surface area contributed by atoms with Crippen molar-refractivity contribution in [3.8, 4) is 0 Å². The lowest BCUT2D eigenvalue weighted by atomic mass is 10.3. The molecule has 0 saturated heterocycles. The molecule has 0 aromatic heterocycles. The molecule has 0 radical (unpaired) electrons. The fourth-order valence-corrected chi connectivity index (χ4v) is 1.51. The van der Waals surface area contributed by atoms with Crippen molar-refractivity contribution in [3.63, 3.8) is 0 Å². The van der Waals surface area contributed by atoms with E-state index in [1.807, 2.05) is 6.92 Å². The van der Waals surface area contributed by atoms with Gasteiger partial charge in [-0.1, -0.05) is 0 Å². The van der Waals surface area contributed by atoms with E-state index in [0.29, 0.717) is 13.2 Å². The van der Waals surface area contributed by atoms with Gasteiger partial charge >= 0.3 is 0 Å². The van der Waals surface area contributed by atoms with Crippen LogP contribution in [-0.4, -0.2) is 85.5 Å². The first-order chi connectivity index (χ1) is 10.3. The zero-order chi connectivity index (χ0) is 17.0. The van der Waals surface area contributed by atoms with E-state index >= 15 is 0 Å². The highest BCUT2D eigenvalue weighted by Gasteiger charge is 2.13. The standard InChI is InChI=1S/C15H32O7/c1-11(16)5-19-9-15(22-7-13(3)18)10-20-8-14(4)21-6-12(2)17/h11-18H,5-10H2,1-4H3. The second kappa shape index (κ2) is 13.2. The minimum Gasteiger partial charge on any atom is -0.391 e. The van der Waals surface area contributed by atoms with Crippen LogP contribution >= 0.6 is 0 Å². The highest BCUT2D eigenvalue weighted by molar-refractivity contribution is 4.59. The third kappa shape index (κ3) is 14.6. The highest BCUT2D eigenvalue weighted by atomic mass is 16.6. The molecule has 7 nitrogen and oxygen atoms in total. The van der Waals surface area contributed by atoms with Crippen molar-refractivity contribution in [2.45, 2.75) is 58.2 Å². The van der Waals surface area contributed by atoms with Gasteiger partial charge in [-0.3, -0.25) is 0 Å². The Kier molecular flexibility index (Phi) is 13.0. The Balaban J connectivity index is 3.94. The first-order valence-corrected chi connectivity index (χ1v) is 7.74. The van der Waals surface area contributed by atoms with Crippen molar-refractivity contribution in [2.24, 2.45) is 0 Å². The lowest BCUT2D eigenvalue weighted by molar-refractivity contribution is -0.100. The van der Waals surface area contributed by atoms with Crippen molar-refractivity contribution >= 4 is 0 Å². The molecule has 0 spiro atoms. The molecule has 0 amide bonds. The summed E-state index contributed by atoms with van der Waals surface area (Å²) in [5.41, 5.74) is 0. The smallest absolute Gasteiger partial charge is 0.104 e. The van der Waals surface area contributed by atoms with Crippen molar-refractivity contribution < 1.29 is 34.3 Å². The number of hydrogen-bond acceptors (Lipinski definition) is 7. The summed E-state index contributed by atoms with van der Waals surface area (Å²) in [6.45, 7) is 8.44. The van der Waals surface area contributed by atoms with Gasteiger partial charge in [-0.25, -0.2) is 0 Å². The van der Waals surface area contributed by atoms with Gasteiger partial charge in [-0.05, 0) is 27.7 Å². The minimum atomic E-state index is -0.562. The summed E-state index contributed by atoms with van der Waals surface area (Å²) >= 11 is 0. The van der Waals surface area contributed by atoms with E-state index in [9.17, 15) is 5.11 Å². The van der Waals surface area contributed by atoms with Gasteiger partial charge < -0.3 is 34.3 Å². The largest absolute Gasteiger partial charge is 0.391 e. The third-order valence-corrected chi connectivity index (χ3v) is 2.51. The summed E-state index contributed by atoms with van der Waals surface area (Å²) in [7, 11) is 0. The van der Waals surface area contributed by atoms with Gasteiger partial charge in [0.05, 0.1) is 64.1 Å². The molecule has 22 heavy (non-hydrogen) atoms. The summed E-state index contributed by atoms with van der Waals surface area (Å²) in [5.74, 6) is 0. The minimum absolute atomic E-state index is 0.134. The van der Waals surface area contributed by atoms with Crippen LogP contribution in [0.2, 0.25) is 0 Å². The third-order valence-electron chi connectivity index (χ3n) is 2.51. The van der Waals surface area contributed by atoms with Crippen molar-refractivity contribution in [1.29, 1.82) is 0 Å². The van der Waals surface area contributed by atoms with Crippen LogP contribution in [0.5, 0.6) is 0 Å². The van der Waals surface area contributed by atoms with E-state index in [0.717, 1.165) is 0 Å². The fourth-order valence-electron chi connectivity index (χ4n) is 1.51. The van der Waals surface area contributed by atoms with E-state index in [1.165, 1.54) is 0 Å². The lowest BCUT2D eigenvalue weighted by Crippen LogP contribution is -2.31. The van der Waals surface area contributed by atoms with Crippen LogP contribution in [0.3, 0.4) is 0 Å². The molecule has 0 aromatic carbocycles. The van der Waals surface area contributed by atoms with Crippen molar-refractivity contribution in [3.05, 3.63) is 0 Å². The quantitative estimate of drug-likeness (QED) is 0.412. The van der Waals surface area contributed by atoms with E-state index in [2.05, 4.69) is 0 Å². The molecule has 0 fully saturated rings. The van der Waals surface area contributed by atoms with Crippen molar-refractivity contribution in [1.82, 2.24) is 0 Å². The molecule has 7 heteroatoms. The summed E-state index contributed by atoms with van der Waals surface area (Å²) in [4.78, 5) is 0. The fraction of sp³-hybridized carbons (Fsp3) is 1.00. The van der Waals surface area contributed by atoms with Gasteiger partial charge in [0.25, 0.3) is 0 Å². The highest BCUT2D eigenvalue weighted by Crippen LogP contribution is 2.01. The average molecular weight is 324 g/mol. The van der Waals surface area contributed by atoms with Gasteiger partial charge in [0.15, 0.2) is 0 Å². The Morgan fingerprint density at radius 2 is 1.05 bits per heavy atom. The Hall–Kier alpha value is -0.280. The SMILES string of the molecule is CC(O)COCC(COCC(C)OCC(C)O)OCC(C)O. The molecule has 0 aliphatic carbocycles. The molecule has 0 aliphatic rings. The van der Waals surface area contributed by atoms with Crippen LogP contribution in [0.4, 0.5) is 0 Å². The van der Waals surface area contributed by atoms with Crippen LogP contribution in [0.1, 0.15) is 27.7 Å². The predicted octanol–water partition coefficient (Wildman–Crippen LogP) is -0.0477. The van der Waals surface area contributed by atoms with Gasteiger partial charge in [0.2, 0.25) is 0 Å². The second-order valence-electron chi connectivity index (χ2n) is 5.72. The topological polar surface area (TPSA) is 97.6 Å². The maximum atomic E-state index is 9.26. The zero-order valence-electron chi connectivity index (χ0n) is 14.1. The van der Waals surface area contributed by atoms with E-state index in [-0.39, 0.29) is 38.6 Å². The molecule has 0 saturated carbocycles. The molecule has 0 rings (SSSR count). The Morgan fingerprint density at radius 1 is 0.591 bits per heavy atom. The zero-order valence-corrected chi connectivity index (χ0v) is 14.1. The molecule has 0 aromatic rings. The maximum Gasteiger partial charge on any atom is 0.104 e. The Bertz CT molecular complexity index is 246. The normalized spacial score (nSPS) is 18.7. The predicted molar refractivity (Wildman–Crippen MR) is 81.8 cm³/mol. The number of aliphatic hydroxyl groups excluding tert-OH is 3. The summed E-state index contributed by atoms with van der Waals surface area (Å²) in [5, 5.41) is 27.6. The molecule has 0 bridgehead atoms. The summed E-state index contributed by atoms with van der Waals surface area (Å²) in [6.07, 6.45) is -2.05. The number of aliphatic hydroxyl groups is 3. The molecule has 134 valence electrons. The molecule has 5 unspecified atom stereocenters. The average Bonchev–Trinajstić information content (AvgIpc) is 2.41. The van der Waals surface area contributed by atoms with Gasteiger partial charge in [0, 0.05) is 0 Å². The molecule has 3 N–H and O–H groups in total. The van der Waals surface area contributed by atoms with E-state index in [4.69, 9.17) is 29.2 Å². The Morgan fingerprint density at radius 3 is 1.55 bits per heavy atom. The monoisotopic (exact) mass is 324 g/mol. The van der Waals surface area contributed by atoms with Crippen LogP contribution in [0, 0.1) is 0 Å². The summed E-state index contributed by atoms with van der Waals surface area (Å²) < 4.78 is 21.7. The molecular formula is C15H32O7. The van der Waals surface area contributed by atoms with Crippen LogP contribution < -0.4 is 0 Å². The molecule has 0 aliphatic heterocycles. The first-order valence-electron chi connectivity index (χ1n) is 7.74. The molecule has 5 atom stereocenters. The van der Waals surface area contributed by atoms with Crippen LogP contribution in [0.15, 0.2) is 0 Å². The Labute approximate surface area is 133 Å². The first kappa shape index (κ1) is 21.7. The molecule has 0 heterocycles. The van der Waals surface area contributed by atoms with E-state index in [1.54, 1.807) is 20.8 Å². The summed E-state index contributed by atoms with van der Waals surface area (Å²) in [6, 6.07) is 0. The lowest BCUT2D eigenvalue weighted by Gasteiger charge is -2.21. The van der Waals surface area contributed by atoms with Gasteiger partial charge in [0.1, 0.15) is 6.10 Å². The number of hydrogen-bond donors (Lipinski definition) is 3. The second-order valence-corrected chi connectivity index (χ2v) is 5.72. The van der Waals surface area contributed by atoms with Gasteiger partial charge in [-0.2, -0.15) is 0 Å².